The van der Waals surface area contributed by atoms with E-state index in [1.165, 1.54) is 25.7 Å². The Bertz CT molecular complexity index is 632. The van der Waals surface area contributed by atoms with Gasteiger partial charge >= 0.3 is 5.97 Å². The molecule has 1 N–H and O–H groups in total. The number of carboxylic acids is 1. The van der Waals surface area contributed by atoms with E-state index in [9.17, 15) is 9.90 Å². The van der Waals surface area contributed by atoms with Crippen LogP contribution in [0.2, 0.25) is 0 Å². The molecule has 2 unspecified atom stereocenters. The van der Waals surface area contributed by atoms with Crippen molar-refractivity contribution in [3.63, 3.8) is 0 Å². The Balaban J connectivity index is 1.89. The first-order valence-corrected chi connectivity index (χ1v) is 7.32. The van der Waals surface area contributed by atoms with Crippen molar-refractivity contribution < 1.29 is 9.90 Å². The average Bonchev–Trinajstić information content (AvgIpc) is 2.82. The summed E-state index contributed by atoms with van der Waals surface area (Å²) in [6.45, 7) is 3.27. The normalized spacial score (nSPS) is 23.1. The number of fused-ring (bicyclic) bond motifs is 1. The predicted octanol–water partition coefficient (Wildman–Crippen LogP) is 3.56. The summed E-state index contributed by atoms with van der Waals surface area (Å²) in [7, 11) is 0. The van der Waals surface area contributed by atoms with Gasteiger partial charge in [0.25, 0.3) is 0 Å². The van der Waals surface area contributed by atoms with Crippen LogP contribution in [0, 0.1) is 11.8 Å². The van der Waals surface area contributed by atoms with Crippen LogP contribution < -0.4 is 0 Å². The summed E-state index contributed by atoms with van der Waals surface area (Å²) in [5.41, 5.74) is 1.82. The lowest BCUT2D eigenvalue weighted by Crippen LogP contribution is -2.18. The van der Waals surface area contributed by atoms with E-state index < -0.39 is 5.97 Å². The fraction of sp³-hybridized carbons (Fsp3) is 0.500. The maximum Gasteiger partial charge on any atom is 0.337 e. The summed E-state index contributed by atoms with van der Waals surface area (Å²) in [6.07, 6.45) is 6.96. The van der Waals surface area contributed by atoms with Gasteiger partial charge in [0.15, 0.2) is 0 Å². The van der Waals surface area contributed by atoms with Gasteiger partial charge in [-0.1, -0.05) is 25.8 Å². The summed E-state index contributed by atoms with van der Waals surface area (Å²) < 4.78 is 2.12. The molecule has 3 rings (SSSR count). The minimum absolute atomic E-state index is 0.290. The molecule has 1 aromatic carbocycles. The van der Waals surface area contributed by atoms with Crippen LogP contribution in [0.25, 0.3) is 11.0 Å². The second-order valence-electron chi connectivity index (χ2n) is 6.01. The Hall–Kier alpha value is -1.84. The molecule has 1 heterocycles. The lowest BCUT2D eigenvalue weighted by Gasteiger charge is -2.27. The number of hydrogen-bond acceptors (Lipinski definition) is 2. The van der Waals surface area contributed by atoms with Crippen molar-refractivity contribution in [3.05, 3.63) is 30.1 Å². The third-order valence-electron chi connectivity index (χ3n) is 4.38. The van der Waals surface area contributed by atoms with Crippen LogP contribution in [0.3, 0.4) is 0 Å². The lowest BCUT2D eigenvalue weighted by molar-refractivity contribution is 0.0699. The number of rotatable bonds is 3. The second-order valence-corrected chi connectivity index (χ2v) is 6.01. The van der Waals surface area contributed by atoms with E-state index in [0.717, 1.165) is 18.0 Å². The van der Waals surface area contributed by atoms with Gasteiger partial charge in [0, 0.05) is 6.54 Å². The van der Waals surface area contributed by atoms with Crippen molar-refractivity contribution in [1.29, 1.82) is 0 Å². The third kappa shape index (κ3) is 2.42. The van der Waals surface area contributed by atoms with Crippen LogP contribution in [0.5, 0.6) is 0 Å². The standard InChI is InChI=1S/C16H20N2O2/c1-11-4-2-5-12(8-11)9-18-10-17-15-13(16(19)20)6-3-7-14(15)18/h3,6-7,10-12H,2,4-5,8-9H2,1H3,(H,19,20). The van der Waals surface area contributed by atoms with Gasteiger partial charge in [-0.25, -0.2) is 9.78 Å². The van der Waals surface area contributed by atoms with Gasteiger partial charge in [0.2, 0.25) is 0 Å². The topological polar surface area (TPSA) is 55.1 Å². The number of carbonyl (C=O) groups is 1. The molecule has 1 aromatic heterocycles. The molecule has 0 saturated heterocycles. The minimum Gasteiger partial charge on any atom is -0.478 e. The molecule has 2 aromatic rings. The van der Waals surface area contributed by atoms with Crippen LogP contribution in [-0.2, 0) is 6.54 Å². The molecule has 1 fully saturated rings. The van der Waals surface area contributed by atoms with Crippen LogP contribution in [-0.4, -0.2) is 20.6 Å². The molecule has 4 heteroatoms. The highest BCUT2D eigenvalue weighted by Gasteiger charge is 2.20. The summed E-state index contributed by atoms with van der Waals surface area (Å²) in [4.78, 5) is 15.5. The smallest absolute Gasteiger partial charge is 0.337 e. The van der Waals surface area contributed by atoms with E-state index in [4.69, 9.17) is 0 Å². The Labute approximate surface area is 118 Å². The van der Waals surface area contributed by atoms with E-state index >= 15 is 0 Å². The largest absolute Gasteiger partial charge is 0.478 e. The number of carboxylic acid groups (broad SMARTS) is 1. The van der Waals surface area contributed by atoms with Crippen LogP contribution >= 0.6 is 0 Å². The molecular weight excluding hydrogens is 252 g/mol. The van der Waals surface area contributed by atoms with E-state index in [1.54, 1.807) is 18.5 Å². The van der Waals surface area contributed by atoms with Crippen molar-refractivity contribution in [3.8, 4) is 0 Å². The van der Waals surface area contributed by atoms with E-state index in [-0.39, 0.29) is 0 Å². The van der Waals surface area contributed by atoms with Crippen molar-refractivity contribution in [2.45, 2.75) is 39.2 Å². The molecule has 1 aliphatic carbocycles. The second kappa shape index (κ2) is 5.27. The number of nitrogens with zero attached hydrogens (tertiary/aromatic N) is 2. The van der Waals surface area contributed by atoms with Gasteiger partial charge in [0.05, 0.1) is 17.4 Å². The fourth-order valence-electron chi connectivity index (χ4n) is 3.41. The predicted molar refractivity (Wildman–Crippen MR) is 77.8 cm³/mol. The molecular formula is C16H20N2O2. The van der Waals surface area contributed by atoms with Gasteiger partial charge in [-0.15, -0.1) is 0 Å². The van der Waals surface area contributed by atoms with Crippen molar-refractivity contribution in [2.75, 3.05) is 0 Å². The van der Waals surface area contributed by atoms with Crippen LogP contribution in [0.4, 0.5) is 0 Å². The molecule has 1 aliphatic rings. The van der Waals surface area contributed by atoms with Crippen LogP contribution in [0.1, 0.15) is 43.0 Å². The summed E-state index contributed by atoms with van der Waals surface area (Å²) in [6, 6.07) is 5.37. The van der Waals surface area contributed by atoms with Gasteiger partial charge in [0.1, 0.15) is 5.52 Å². The number of aromatic carboxylic acids is 1. The van der Waals surface area contributed by atoms with Gasteiger partial charge in [-0.3, -0.25) is 0 Å². The summed E-state index contributed by atoms with van der Waals surface area (Å²) >= 11 is 0. The molecule has 106 valence electrons. The van der Waals surface area contributed by atoms with E-state index in [2.05, 4.69) is 16.5 Å². The summed E-state index contributed by atoms with van der Waals surface area (Å²) in [5, 5.41) is 9.20. The first-order chi connectivity index (χ1) is 9.65. The maximum absolute atomic E-state index is 11.2. The Morgan fingerprint density at radius 1 is 1.45 bits per heavy atom. The molecule has 0 aliphatic heterocycles. The average molecular weight is 272 g/mol. The molecule has 0 radical (unpaired) electrons. The number of aromatic nitrogens is 2. The fourth-order valence-corrected chi connectivity index (χ4v) is 3.41. The van der Waals surface area contributed by atoms with Gasteiger partial charge in [-0.2, -0.15) is 0 Å². The maximum atomic E-state index is 11.2. The van der Waals surface area contributed by atoms with Crippen LogP contribution in [0.15, 0.2) is 24.5 Å². The lowest BCUT2D eigenvalue weighted by atomic mass is 9.82. The van der Waals surface area contributed by atoms with Crippen molar-refractivity contribution in [2.24, 2.45) is 11.8 Å². The zero-order chi connectivity index (χ0) is 14.1. The van der Waals surface area contributed by atoms with Crippen molar-refractivity contribution >= 4 is 17.0 Å². The highest BCUT2D eigenvalue weighted by atomic mass is 16.4. The van der Waals surface area contributed by atoms with E-state index in [0.29, 0.717) is 17.0 Å². The van der Waals surface area contributed by atoms with Gasteiger partial charge in [-0.05, 0) is 36.8 Å². The number of imidazole rings is 1. The quantitative estimate of drug-likeness (QED) is 0.929. The molecule has 0 spiro atoms. The highest BCUT2D eigenvalue weighted by molar-refractivity contribution is 6.00. The SMILES string of the molecule is CC1CCCC(Cn2cnc3c(C(=O)O)cccc32)C1. The molecule has 2 atom stereocenters. The minimum atomic E-state index is -0.910. The third-order valence-corrected chi connectivity index (χ3v) is 4.38. The Morgan fingerprint density at radius 3 is 3.05 bits per heavy atom. The summed E-state index contributed by atoms with van der Waals surface area (Å²) in [5.74, 6) is 0.579. The van der Waals surface area contributed by atoms with Crippen molar-refractivity contribution in [1.82, 2.24) is 9.55 Å². The first-order valence-electron chi connectivity index (χ1n) is 7.32. The molecule has 0 bridgehead atoms. The Morgan fingerprint density at radius 2 is 2.30 bits per heavy atom. The molecule has 0 amide bonds. The zero-order valence-electron chi connectivity index (χ0n) is 11.7. The number of para-hydroxylation sites is 1. The number of benzene rings is 1. The first kappa shape index (κ1) is 13.2. The Kier molecular flexibility index (Phi) is 3.47. The molecule has 20 heavy (non-hydrogen) atoms. The highest BCUT2D eigenvalue weighted by Crippen LogP contribution is 2.30. The van der Waals surface area contributed by atoms with E-state index in [1.807, 2.05) is 6.07 Å². The monoisotopic (exact) mass is 272 g/mol. The van der Waals surface area contributed by atoms with Gasteiger partial charge < -0.3 is 9.67 Å². The molecule has 4 nitrogen and oxygen atoms in total. The number of hydrogen-bond donors (Lipinski definition) is 1. The molecule has 1 saturated carbocycles. The zero-order valence-corrected chi connectivity index (χ0v) is 11.7.